The van der Waals surface area contributed by atoms with E-state index in [9.17, 15) is 10.1 Å². The molecule has 1 amide bonds. The number of amides is 1. The maximum Gasteiger partial charge on any atom is 0.253 e. The Labute approximate surface area is 171 Å². The first-order valence-electron chi connectivity index (χ1n) is 10.4. The number of nitrogens with one attached hydrogen (secondary N) is 1. The van der Waals surface area contributed by atoms with E-state index in [-0.39, 0.29) is 5.91 Å². The van der Waals surface area contributed by atoms with Gasteiger partial charge in [0, 0.05) is 57.5 Å². The van der Waals surface area contributed by atoms with E-state index in [1.807, 2.05) is 23.1 Å². The highest BCUT2D eigenvalue weighted by Crippen LogP contribution is 2.32. The summed E-state index contributed by atoms with van der Waals surface area (Å²) in [6.07, 6.45) is 4.65. The van der Waals surface area contributed by atoms with Gasteiger partial charge in [-0.3, -0.25) is 4.79 Å². The van der Waals surface area contributed by atoms with Crippen molar-refractivity contribution >= 4 is 16.8 Å². The Hall–Kier alpha value is -2.40. The van der Waals surface area contributed by atoms with Gasteiger partial charge >= 0.3 is 0 Å². The van der Waals surface area contributed by atoms with Crippen molar-refractivity contribution in [1.29, 1.82) is 5.26 Å². The fraction of sp³-hybridized carbons (Fsp3) is 0.545. The van der Waals surface area contributed by atoms with Crippen LogP contribution >= 0.6 is 0 Å². The summed E-state index contributed by atoms with van der Waals surface area (Å²) in [5.74, 6) is 0.0661. The summed E-state index contributed by atoms with van der Waals surface area (Å²) in [6.45, 7) is 3.92. The van der Waals surface area contributed by atoms with Crippen molar-refractivity contribution in [2.75, 3.05) is 33.4 Å². The number of rotatable bonds is 8. The van der Waals surface area contributed by atoms with Crippen LogP contribution in [-0.4, -0.2) is 60.9 Å². The molecular weight excluding hydrogens is 368 g/mol. The van der Waals surface area contributed by atoms with E-state index in [0.29, 0.717) is 37.9 Å². The molecule has 1 aromatic carbocycles. The molecule has 1 aromatic heterocycles. The topological polar surface area (TPSA) is 79.5 Å². The zero-order valence-electron chi connectivity index (χ0n) is 16.9. The van der Waals surface area contributed by atoms with Gasteiger partial charge in [-0.1, -0.05) is 12.1 Å². The largest absolute Gasteiger partial charge is 0.385 e. The number of carbonyl (C=O) groups is 1. The van der Waals surface area contributed by atoms with Crippen LogP contribution in [0.25, 0.3) is 10.9 Å². The zero-order chi connectivity index (χ0) is 20.2. The number of morpholine rings is 1. The highest BCUT2D eigenvalue weighted by atomic mass is 16.5. The molecule has 1 N–H and O–H groups in total. The second-order valence-corrected chi connectivity index (χ2v) is 7.77. The predicted molar refractivity (Wildman–Crippen MR) is 109 cm³/mol. The molecule has 0 radical (unpaired) electrons. The number of hydrogen-bond acceptors (Lipinski definition) is 5. The molecule has 1 saturated carbocycles. The third kappa shape index (κ3) is 4.30. The summed E-state index contributed by atoms with van der Waals surface area (Å²) in [6, 6.07) is 8.42. The molecule has 2 aliphatic rings. The first kappa shape index (κ1) is 19.9. The Morgan fingerprint density at radius 3 is 3.00 bits per heavy atom. The van der Waals surface area contributed by atoms with Crippen LogP contribution in [0.15, 0.2) is 24.4 Å². The lowest BCUT2D eigenvalue weighted by atomic mass is 10.1. The summed E-state index contributed by atoms with van der Waals surface area (Å²) in [4.78, 5) is 15.1. The van der Waals surface area contributed by atoms with E-state index >= 15 is 0 Å². The SMILES string of the molecule is COCCCn1cc(CN(C(=O)C2CNCCO2)C2CC2)c2cccc(C#N)c21. The van der Waals surface area contributed by atoms with E-state index in [1.165, 1.54) is 0 Å². The lowest BCUT2D eigenvalue weighted by molar-refractivity contribution is -0.146. The Bertz CT molecular complexity index is 907. The number of aromatic nitrogens is 1. The van der Waals surface area contributed by atoms with Crippen LogP contribution in [0.2, 0.25) is 0 Å². The summed E-state index contributed by atoms with van der Waals surface area (Å²) in [5.41, 5.74) is 2.69. The van der Waals surface area contributed by atoms with Crippen molar-refractivity contribution in [3.05, 3.63) is 35.5 Å². The number of nitrogens with zero attached hydrogens (tertiary/aromatic N) is 3. The average Bonchev–Trinajstić information content (AvgIpc) is 3.55. The van der Waals surface area contributed by atoms with E-state index < -0.39 is 6.10 Å². The van der Waals surface area contributed by atoms with Crippen molar-refractivity contribution in [1.82, 2.24) is 14.8 Å². The highest BCUT2D eigenvalue weighted by Gasteiger charge is 2.37. The normalized spacial score (nSPS) is 19.2. The number of carbonyl (C=O) groups excluding carboxylic acids is 1. The van der Waals surface area contributed by atoms with Gasteiger partial charge in [0.25, 0.3) is 5.91 Å². The van der Waals surface area contributed by atoms with Gasteiger partial charge in [-0.05, 0) is 30.9 Å². The number of hydrogen-bond donors (Lipinski definition) is 1. The second-order valence-electron chi connectivity index (χ2n) is 7.77. The van der Waals surface area contributed by atoms with Gasteiger partial charge in [-0.2, -0.15) is 5.26 Å². The first-order chi connectivity index (χ1) is 14.2. The number of aryl methyl sites for hydroxylation is 1. The maximum absolute atomic E-state index is 13.1. The molecule has 0 bridgehead atoms. The number of fused-ring (bicyclic) bond motifs is 1. The van der Waals surface area contributed by atoms with E-state index in [2.05, 4.69) is 22.1 Å². The minimum Gasteiger partial charge on any atom is -0.385 e. The Kier molecular flexibility index (Phi) is 6.14. The van der Waals surface area contributed by atoms with Crippen LogP contribution in [-0.2, 0) is 27.4 Å². The average molecular weight is 396 g/mol. The smallest absolute Gasteiger partial charge is 0.253 e. The molecule has 0 spiro atoms. The van der Waals surface area contributed by atoms with Gasteiger partial charge in [0.05, 0.1) is 17.7 Å². The molecule has 1 atom stereocenters. The predicted octanol–water partition coefficient (Wildman–Crippen LogP) is 2.03. The summed E-state index contributed by atoms with van der Waals surface area (Å²) in [7, 11) is 1.70. The summed E-state index contributed by atoms with van der Waals surface area (Å²) >= 11 is 0. The van der Waals surface area contributed by atoms with Crippen molar-refractivity contribution in [3.8, 4) is 6.07 Å². The second kappa shape index (κ2) is 8.95. The van der Waals surface area contributed by atoms with Gasteiger partial charge in [-0.25, -0.2) is 0 Å². The minimum atomic E-state index is -0.408. The van der Waals surface area contributed by atoms with Crippen LogP contribution in [0, 0.1) is 11.3 Å². The zero-order valence-corrected chi connectivity index (χ0v) is 16.9. The molecule has 2 aromatic rings. The molecule has 2 fully saturated rings. The van der Waals surface area contributed by atoms with Crippen LogP contribution < -0.4 is 5.32 Å². The van der Waals surface area contributed by atoms with E-state index in [4.69, 9.17) is 9.47 Å². The van der Waals surface area contributed by atoms with Crippen LogP contribution in [0.4, 0.5) is 0 Å². The molecule has 1 aliphatic heterocycles. The third-order valence-electron chi connectivity index (χ3n) is 5.66. The Morgan fingerprint density at radius 1 is 1.45 bits per heavy atom. The van der Waals surface area contributed by atoms with Crippen molar-refractivity contribution in [3.63, 3.8) is 0 Å². The minimum absolute atomic E-state index is 0.0661. The lowest BCUT2D eigenvalue weighted by Crippen LogP contribution is -2.49. The van der Waals surface area contributed by atoms with Gasteiger partial charge in [-0.15, -0.1) is 0 Å². The number of methoxy groups -OCH3 is 1. The molecule has 7 heteroatoms. The van der Waals surface area contributed by atoms with Crippen LogP contribution in [0.3, 0.4) is 0 Å². The molecule has 7 nitrogen and oxygen atoms in total. The maximum atomic E-state index is 13.1. The fourth-order valence-electron chi connectivity index (χ4n) is 4.07. The van der Waals surface area contributed by atoms with Crippen LogP contribution in [0.1, 0.15) is 30.4 Å². The van der Waals surface area contributed by atoms with Gasteiger partial charge < -0.3 is 24.3 Å². The summed E-state index contributed by atoms with van der Waals surface area (Å²) < 4.78 is 13.0. The van der Waals surface area contributed by atoms with Crippen molar-refractivity contribution in [2.45, 2.75) is 44.5 Å². The highest BCUT2D eigenvalue weighted by molar-refractivity contribution is 5.89. The monoisotopic (exact) mass is 396 g/mol. The molecule has 154 valence electrons. The quantitative estimate of drug-likeness (QED) is 0.691. The standard InChI is InChI=1S/C22H28N4O3/c1-28-10-3-9-25-14-17(19-5-2-4-16(12-23)21(19)25)15-26(18-6-7-18)22(27)20-13-24-8-11-29-20/h2,4-5,14,18,20,24H,3,6-11,13,15H2,1H3. The fourth-order valence-corrected chi connectivity index (χ4v) is 4.07. The molecule has 1 unspecified atom stereocenters. The first-order valence-corrected chi connectivity index (χ1v) is 10.4. The molecular formula is C22H28N4O3. The number of nitriles is 1. The molecule has 4 rings (SSSR count). The Balaban J connectivity index is 1.63. The van der Waals surface area contributed by atoms with Crippen molar-refractivity contribution < 1.29 is 14.3 Å². The number of ether oxygens (including phenoxy) is 2. The van der Waals surface area contributed by atoms with Gasteiger partial charge in [0.15, 0.2) is 0 Å². The van der Waals surface area contributed by atoms with Crippen molar-refractivity contribution in [2.24, 2.45) is 0 Å². The Morgan fingerprint density at radius 2 is 2.31 bits per heavy atom. The number of benzene rings is 1. The van der Waals surface area contributed by atoms with Gasteiger partial charge in [0.1, 0.15) is 12.2 Å². The molecule has 29 heavy (non-hydrogen) atoms. The molecule has 1 aliphatic carbocycles. The third-order valence-corrected chi connectivity index (χ3v) is 5.66. The molecule has 1 saturated heterocycles. The lowest BCUT2D eigenvalue weighted by Gasteiger charge is -2.30. The van der Waals surface area contributed by atoms with E-state index in [0.717, 1.165) is 48.8 Å². The van der Waals surface area contributed by atoms with E-state index in [1.54, 1.807) is 7.11 Å². The number of para-hydroxylation sites is 1. The molecule has 2 heterocycles. The summed E-state index contributed by atoms with van der Waals surface area (Å²) in [5, 5.41) is 13.9. The van der Waals surface area contributed by atoms with Gasteiger partial charge in [0.2, 0.25) is 0 Å². The van der Waals surface area contributed by atoms with Crippen LogP contribution in [0.5, 0.6) is 0 Å².